The van der Waals surface area contributed by atoms with Crippen molar-refractivity contribution < 1.29 is 4.74 Å². The van der Waals surface area contributed by atoms with Crippen LogP contribution >= 0.6 is 24.0 Å². The Kier molecular flexibility index (Phi) is 9.05. The van der Waals surface area contributed by atoms with Gasteiger partial charge in [-0.15, -0.1) is 24.0 Å². The molecule has 0 spiro atoms. The van der Waals surface area contributed by atoms with E-state index in [9.17, 15) is 0 Å². The molecule has 0 amide bonds. The first-order valence-electron chi connectivity index (χ1n) is 9.56. The Morgan fingerprint density at radius 3 is 2.57 bits per heavy atom. The molecule has 2 aromatic carbocycles. The number of fused-ring (bicyclic) bond motifs is 1. The van der Waals surface area contributed by atoms with Crippen molar-refractivity contribution in [3.05, 3.63) is 65.2 Å². The Morgan fingerprint density at radius 2 is 1.86 bits per heavy atom. The fourth-order valence-electron chi connectivity index (χ4n) is 3.46. The summed E-state index contributed by atoms with van der Waals surface area (Å²) in [5.74, 6) is 0.789. The predicted molar refractivity (Wildman–Crippen MR) is 128 cm³/mol. The molecule has 1 aliphatic heterocycles. The first-order chi connectivity index (χ1) is 13.2. The van der Waals surface area contributed by atoms with E-state index in [0.29, 0.717) is 6.61 Å². The zero-order valence-electron chi connectivity index (χ0n) is 16.9. The number of benzene rings is 2. The van der Waals surface area contributed by atoms with Crippen LogP contribution in [0.2, 0.25) is 0 Å². The van der Waals surface area contributed by atoms with Crippen LogP contribution in [-0.2, 0) is 24.2 Å². The first-order valence-corrected chi connectivity index (χ1v) is 9.56. The summed E-state index contributed by atoms with van der Waals surface area (Å²) in [5.41, 5.74) is 5.41. The Hall–Kier alpha value is -1.80. The molecule has 0 aromatic heterocycles. The van der Waals surface area contributed by atoms with Crippen LogP contribution in [0.1, 0.15) is 23.6 Å². The second-order valence-corrected chi connectivity index (χ2v) is 7.04. The second kappa shape index (κ2) is 11.3. The zero-order chi connectivity index (χ0) is 19.1. The molecule has 0 fully saturated rings. The quantitative estimate of drug-likeness (QED) is 0.351. The van der Waals surface area contributed by atoms with Crippen LogP contribution in [0.5, 0.6) is 0 Å². The molecule has 1 unspecified atom stereocenters. The van der Waals surface area contributed by atoms with Crippen LogP contribution < -0.4 is 15.5 Å². The standard InChI is InChI=1S/C22H30N4O.HI/c1-17(16-27-3)25-22(23-2)24-14-18-8-10-19(11-9-18)15-26-13-12-20-6-4-5-7-21(20)26;/h4-11,17H,12-16H2,1-3H3,(H2,23,24,25);1H. The molecule has 152 valence electrons. The van der Waals surface area contributed by atoms with Gasteiger partial charge in [-0.1, -0.05) is 42.5 Å². The molecule has 1 atom stereocenters. The normalized spacial score (nSPS) is 14.2. The molecule has 28 heavy (non-hydrogen) atoms. The molecule has 1 heterocycles. The third kappa shape index (κ3) is 6.10. The smallest absolute Gasteiger partial charge is 0.191 e. The average Bonchev–Trinajstić information content (AvgIpc) is 3.09. The molecule has 0 bridgehead atoms. The largest absolute Gasteiger partial charge is 0.383 e. The van der Waals surface area contributed by atoms with Crippen molar-refractivity contribution in [3.63, 3.8) is 0 Å². The lowest BCUT2D eigenvalue weighted by molar-refractivity contribution is 0.179. The summed E-state index contributed by atoms with van der Waals surface area (Å²) in [6.07, 6.45) is 1.14. The molecular weight excluding hydrogens is 463 g/mol. The lowest BCUT2D eigenvalue weighted by Gasteiger charge is -2.20. The van der Waals surface area contributed by atoms with E-state index >= 15 is 0 Å². The van der Waals surface area contributed by atoms with E-state index < -0.39 is 0 Å². The minimum absolute atomic E-state index is 0. The number of anilines is 1. The van der Waals surface area contributed by atoms with Gasteiger partial charge in [0.05, 0.1) is 6.61 Å². The molecule has 6 heteroatoms. The highest BCUT2D eigenvalue weighted by molar-refractivity contribution is 14.0. The Bertz CT molecular complexity index is 763. The summed E-state index contributed by atoms with van der Waals surface area (Å²) >= 11 is 0. The summed E-state index contributed by atoms with van der Waals surface area (Å²) in [6, 6.07) is 17.8. The van der Waals surface area contributed by atoms with E-state index in [0.717, 1.165) is 32.0 Å². The van der Waals surface area contributed by atoms with Crippen molar-refractivity contribution in [3.8, 4) is 0 Å². The minimum Gasteiger partial charge on any atom is -0.383 e. The van der Waals surface area contributed by atoms with Gasteiger partial charge in [0.25, 0.3) is 0 Å². The minimum atomic E-state index is 0. The van der Waals surface area contributed by atoms with Crippen LogP contribution in [0.25, 0.3) is 0 Å². The van der Waals surface area contributed by atoms with Gasteiger partial charge in [-0.25, -0.2) is 0 Å². The maximum absolute atomic E-state index is 5.15. The molecule has 2 N–H and O–H groups in total. The SMILES string of the molecule is CN=C(NCc1ccc(CN2CCc3ccccc32)cc1)NC(C)COC.I. The maximum Gasteiger partial charge on any atom is 0.191 e. The van der Waals surface area contributed by atoms with Gasteiger partial charge in [0.15, 0.2) is 5.96 Å². The number of hydrogen-bond donors (Lipinski definition) is 2. The summed E-state index contributed by atoms with van der Waals surface area (Å²) in [4.78, 5) is 6.73. The van der Waals surface area contributed by atoms with Gasteiger partial charge in [-0.05, 0) is 36.1 Å². The van der Waals surface area contributed by atoms with Gasteiger partial charge >= 0.3 is 0 Å². The fraction of sp³-hybridized carbons (Fsp3) is 0.409. The summed E-state index contributed by atoms with van der Waals surface area (Å²) in [5, 5.41) is 6.67. The number of nitrogens with one attached hydrogen (secondary N) is 2. The molecular formula is C22H31IN4O. The maximum atomic E-state index is 5.15. The van der Waals surface area contributed by atoms with E-state index in [1.54, 1.807) is 14.2 Å². The molecule has 0 aliphatic carbocycles. The van der Waals surface area contributed by atoms with E-state index in [4.69, 9.17) is 4.74 Å². The Morgan fingerprint density at radius 1 is 1.14 bits per heavy atom. The highest BCUT2D eigenvalue weighted by Gasteiger charge is 2.18. The van der Waals surface area contributed by atoms with E-state index in [2.05, 4.69) is 76.0 Å². The summed E-state index contributed by atoms with van der Waals surface area (Å²) in [7, 11) is 3.49. The van der Waals surface area contributed by atoms with Crippen molar-refractivity contribution >= 4 is 35.6 Å². The number of methoxy groups -OCH3 is 1. The van der Waals surface area contributed by atoms with Crippen molar-refractivity contribution in [2.45, 2.75) is 32.5 Å². The monoisotopic (exact) mass is 494 g/mol. The lowest BCUT2D eigenvalue weighted by Crippen LogP contribution is -2.43. The second-order valence-electron chi connectivity index (χ2n) is 7.04. The number of nitrogens with zero attached hydrogens (tertiary/aromatic N) is 2. The average molecular weight is 494 g/mol. The molecule has 5 nitrogen and oxygen atoms in total. The number of hydrogen-bond acceptors (Lipinski definition) is 3. The topological polar surface area (TPSA) is 48.9 Å². The van der Waals surface area contributed by atoms with Gasteiger partial charge in [0.2, 0.25) is 0 Å². The molecule has 3 rings (SSSR count). The molecule has 2 aromatic rings. The molecule has 1 aliphatic rings. The van der Waals surface area contributed by atoms with E-state index in [1.165, 1.54) is 22.4 Å². The number of rotatable bonds is 7. The first kappa shape index (κ1) is 22.5. The van der Waals surface area contributed by atoms with Gasteiger partial charge in [0, 0.05) is 45.5 Å². The van der Waals surface area contributed by atoms with E-state index in [1.807, 2.05) is 0 Å². The van der Waals surface area contributed by atoms with Crippen LogP contribution in [0, 0.1) is 0 Å². The van der Waals surface area contributed by atoms with Gasteiger partial charge in [-0.2, -0.15) is 0 Å². The number of halogens is 1. The number of ether oxygens (including phenoxy) is 1. The highest BCUT2D eigenvalue weighted by atomic mass is 127. The molecule has 0 saturated heterocycles. The van der Waals surface area contributed by atoms with Crippen molar-refractivity contribution in [2.75, 3.05) is 32.2 Å². The molecule has 0 saturated carbocycles. The Labute approximate surface area is 185 Å². The summed E-state index contributed by atoms with van der Waals surface area (Å²) < 4.78 is 5.15. The van der Waals surface area contributed by atoms with E-state index in [-0.39, 0.29) is 30.0 Å². The predicted octanol–water partition coefficient (Wildman–Crippen LogP) is 3.57. The number of guanidine groups is 1. The fourth-order valence-corrected chi connectivity index (χ4v) is 3.46. The third-order valence-electron chi connectivity index (χ3n) is 4.86. The van der Waals surface area contributed by atoms with Gasteiger partial charge < -0.3 is 20.3 Å². The van der Waals surface area contributed by atoms with Crippen LogP contribution in [0.3, 0.4) is 0 Å². The van der Waals surface area contributed by atoms with Crippen molar-refractivity contribution in [1.82, 2.24) is 10.6 Å². The molecule has 0 radical (unpaired) electrons. The Balaban J connectivity index is 0.00000280. The third-order valence-corrected chi connectivity index (χ3v) is 4.86. The van der Waals surface area contributed by atoms with Crippen LogP contribution in [0.15, 0.2) is 53.5 Å². The summed E-state index contributed by atoms with van der Waals surface area (Å²) in [6.45, 7) is 5.52. The number of aliphatic imine (C=N–C) groups is 1. The highest BCUT2D eigenvalue weighted by Crippen LogP contribution is 2.28. The van der Waals surface area contributed by atoms with Crippen LogP contribution in [-0.4, -0.2) is 39.3 Å². The van der Waals surface area contributed by atoms with Gasteiger partial charge in [0.1, 0.15) is 0 Å². The van der Waals surface area contributed by atoms with Crippen molar-refractivity contribution in [1.29, 1.82) is 0 Å². The van der Waals surface area contributed by atoms with Crippen molar-refractivity contribution in [2.24, 2.45) is 4.99 Å². The lowest BCUT2D eigenvalue weighted by atomic mass is 10.1. The van der Waals surface area contributed by atoms with Gasteiger partial charge in [-0.3, -0.25) is 4.99 Å². The zero-order valence-corrected chi connectivity index (χ0v) is 19.3. The number of para-hydroxylation sites is 1. The van der Waals surface area contributed by atoms with Crippen LogP contribution in [0.4, 0.5) is 5.69 Å².